The minimum absolute atomic E-state index is 0.0353. The van der Waals surface area contributed by atoms with Gasteiger partial charge in [-0.25, -0.2) is 0 Å². The van der Waals surface area contributed by atoms with Gasteiger partial charge in [0.15, 0.2) is 5.78 Å². The van der Waals surface area contributed by atoms with E-state index in [-0.39, 0.29) is 6.04 Å². The monoisotopic (exact) mass is 206 g/mol. The first kappa shape index (κ1) is 9.40. The van der Waals surface area contributed by atoms with Crippen molar-refractivity contribution in [3.8, 4) is 0 Å². The summed E-state index contributed by atoms with van der Waals surface area (Å²) in [5.74, 6) is 1.35. The lowest BCUT2D eigenvalue weighted by Gasteiger charge is -2.15. The van der Waals surface area contributed by atoms with Gasteiger partial charge in [-0.05, 0) is 24.6 Å². The highest BCUT2D eigenvalue weighted by Crippen LogP contribution is 2.32. The number of fused-ring (bicyclic) bond motifs is 1. The van der Waals surface area contributed by atoms with E-state index in [0.29, 0.717) is 17.6 Å². The molecule has 15 heavy (non-hydrogen) atoms. The van der Waals surface area contributed by atoms with Crippen molar-refractivity contribution in [2.45, 2.75) is 31.7 Å². The van der Waals surface area contributed by atoms with Gasteiger partial charge in [0.2, 0.25) is 0 Å². The summed E-state index contributed by atoms with van der Waals surface area (Å²) in [5, 5.41) is 6.62. The fourth-order valence-corrected chi connectivity index (χ4v) is 3.15. The molecule has 2 N–H and O–H groups in total. The molecule has 0 amide bonds. The van der Waals surface area contributed by atoms with Crippen molar-refractivity contribution in [1.82, 2.24) is 10.6 Å². The number of hydrogen-bond donors (Lipinski definition) is 2. The second kappa shape index (κ2) is 3.63. The summed E-state index contributed by atoms with van der Waals surface area (Å²) in [7, 11) is 0. The van der Waals surface area contributed by atoms with Crippen LogP contribution in [0.4, 0.5) is 0 Å². The summed E-state index contributed by atoms with van der Waals surface area (Å²) in [6.07, 6.45) is 6.76. The van der Waals surface area contributed by atoms with E-state index in [2.05, 4.69) is 16.8 Å². The van der Waals surface area contributed by atoms with Crippen LogP contribution in [0.2, 0.25) is 0 Å². The lowest BCUT2D eigenvalue weighted by atomic mass is 9.91. The Hall–Kier alpha value is -0.830. The SMILES string of the molecule is O=C(C1CCCC1)C1NCC2CNC=C21. The molecule has 2 atom stereocenters. The fourth-order valence-electron chi connectivity index (χ4n) is 3.15. The minimum atomic E-state index is 0.0353. The van der Waals surface area contributed by atoms with Crippen LogP contribution in [-0.4, -0.2) is 24.9 Å². The predicted molar refractivity (Wildman–Crippen MR) is 58.3 cm³/mol. The van der Waals surface area contributed by atoms with Gasteiger partial charge in [-0.3, -0.25) is 4.79 Å². The van der Waals surface area contributed by atoms with Crippen LogP contribution in [0.1, 0.15) is 25.7 Å². The van der Waals surface area contributed by atoms with Crippen LogP contribution < -0.4 is 10.6 Å². The topological polar surface area (TPSA) is 41.1 Å². The minimum Gasteiger partial charge on any atom is -0.390 e. The van der Waals surface area contributed by atoms with Gasteiger partial charge in [0.25, 0.3) is 0 Å². The lowest BCUT2D eigenvalue weighted by Crippen LogP contribution is -2.36. The van der Waals surface area contributed by atoms with Crippen LogP contribution in [0.3, 0.4) is 0 Å². The van der Waals surface area contributed by atoms with Gasteiger partial charge in [-0.2, -0.15) is 0 Å². The number of Topliss-reactive ketones (excluding diaryl/α,β-unsaturated/α-hetero) is 1. The highest BCUT2D eigenvalue weighted by atomic mass is 16.1. The molecule has 1 aliphatic carbocycles. The van der Waals surface area contributed by atoms with Gasteiger partial charge in [0, 0.05) is 24.9 Å². The molecule has 0 aromatic carbocycles. The summed E-state index contributed by atoms with van der Waals surface area (Å²) in [6.45, 7) is 1.98. The van der Waals surface area contributed by atoms with E-state index in [1.54, 1.807) is 0 Å². The second-order valence-corrected chi connectivity index (χ2v) is 4.97. The van der Waals surface area contributed by atoms with E-state index >= 15 is 0 Å². The third kappa shape index (κ3) is 1.49. The van der Waals surface area contributed by atoms with E-state index in [9.17, 15) is 4.79 Å². The van der Waals surface area contributed by atoms with Gasteiger partial charge in [-0.1, -0.05) is 12.8 Å². The van der Waals surface area contributed by atoms with Crippen molar-refractivity contribution in [1.29, 1.82) is 0 Å². The van der Waals surface area contributed by atoms with Crippen LogP contribution in [-0.2, 0) is 4.79 Å². The summed E-state index contributed by atoms with van der Waals surface area (Å²) in [5.41, 5.74) is 1.31. The Morgan fingerprint density at radius 1 is 1.27 bits per heavy atom. The highest BCUT2D eigenvalue weighted by molar-refractivity contribution is 5.90. The van der Waals surface area contributed by atoms with Crippen LogP contribution in [0.15, 0.2) is 11.8 Å². The molecule has 1 saturated carbocycles. The Balaban J connectivity index is 1.74. The normalized spacial score (nSPS) is 35.1. The molecule has 2 unspecified atom stereocenters. The van der Waals surface area contributed by atoms with Gasteiger partial charge in [0.05, 0.1) is 6.04 Å². The molecule has 3 nitrogen and oxygen atoms in total. The molecular formula is C12H18N2O. The first-order valence-corrected chi connectivity index (χ1v) is 6.06. The second-order valence-electron chi connectivity index (χ2n) is 4.97. The molecule has 2 heterocycles. The quantitative estimate of drug-likeness (QED) is 0.703. The molecule has 3 rings (SSSR count). The van der Waals surface area contributed by atoms with Crippen LogP contribution in [0.25, 0.3) is 0 Å². The molecule has 0 bridgehead atoms. The number of ketones is 1. The van der Waals surface area contributed by atoms with E-state index in [1.165, 1.54) is 18.4 Å². The fraction of sp³-hybridized carbons (Fsp3) is 0.750. The Labute approximate surface area is 90.3 Å². The standard InChI is InChI=1S/C12H18N2O/c15-12(8-3-1-2-4-8)11-10-7-13-5-9(10)6-14-11/h7-9,11,13-14H,1-6H2. The Bertz CT molecular complexity index is 305. The molecule has 2 fully saturated rings. The average Bonchev–Trinajstić information content (AvgIpc) is 2.94. The van der Waals surface area contributed by atoms with Crippen molar-refractivity contribution < 1.29 is 4.79 Å². The third-order valence-electron chi connectivity index (χ3n) is 4.05. The molecule has 1 saturated heterocycles. The largest absolute Gasteiger partial charge is 0.390 e. The first-order valence-electron chi connectivity index (χ1n) is 6.06. The summed E-state index contributed by atoms with van der Waals surface area (Å²) < 4.78 is 0. The zero-order chi connectivity index (χ0) is 10.3. The zero-order valence-corrected chi connectivity index (χ0v) is 8.96. The molecule has 0 aromatic heterocycles. The molecule has 82 valence electrons. The van der Waals surface area contributed by atoms with Crippen molar-refractivity contribution in [2.24, 2.45) is 11.8 Å². The number of nitrogens with one attached hydrogen (secondary N) is 2. The van der Waals surface area contributed by atoms with Crippen LogP contribution in [0, 0.1) is 11.8 Å². The Morgan fingerprint density at radius 3 is 2.87 bits per heavy atom. The summed E-state index contributed by atoms with van der Waals surface area (Å²) in [6, 6.07) is 0.0353. The number of carbonyl (C=O) groups excluding carboxylic acids is 1. The maximum atomic E-state index is 12.3. The van der Waals surface area contributed by atoms with Gasteiger partial charge < -0.3 is 10.6 Å². The third-order valence-corrected chi connectivity index (χ3v) is 4.05. The van der Waals surface area contributed by atoms with E-state index < -0.39 is 0 Å². The highest BCUT2D eigenvalue weighted by Gasteiger charge is 2.39. The Morgan fingerprint density at radius 2 is 2.07 bits per heavy atom. The first-order chi connectivity index (χ1) is 7.36. The zero-order valence-electron chi connectivity index (χ0n) is 8.96. The van der Waals surface area contributed by atoms with Crippen molar-refractivity contribution in [2.75, 3.05) is 13.1 Å². The van der Waals surface area contributed by atoms with Crippen molar-refractivity contribution in [3.63, 3.8) is 0 Å². The lowest BCUT2D eigenvalue weighted by molar-refractivity contribution is -0.123. The summed E-state index contributed by atoms with van der Waals surface area (Å²) >= 11 is 0. The smallest absolute Gasteiger partial charge is 0.157 e. The predicted octanol–water partition coefficient (Wildman–Crippen LogP) is 0.821. The van der Waals surface area contributed by atoms with Gasteiger partial charge >= 0.3 is 0 Å². The van der Waals surface area contributed by atoms with Crippen LogP contribution in [0.5, 0.6) is 0 Å². The molecule has 3 heteroatoms. The molecular weight excluding hydrogens is 188 g/mol. The van der Waals surface area contributed by atoms with E-state index in [4.69, 9.17) is 0 Å². The molecule has 2 aliphatic heterocycles. The Kier molecular flexibility index (Phi) is 2.28. The van der Waals surface area contributed by atoms with Gasteiger partial charge in [0.1, 0.15) is 0 Å². The molecule has 3 aliphatic rings. The molecule has 0 radical (unpaired) electrons. The maximum absolute atomic E-state index is 12.3. The van der Waals surface area contributed by atoms with Gasteiger partial charge in [-0.15, -0.1) is 0 Å². The number of hydrogen-bond acceptors (Lipinski definition) is 3. The molecule has 0 spiro atoms. The van der Waals surface area contributed by atoms with Crippen molar-refractivity contribution >= 4 is 5.78 Å². The van der Waals surface area contributed by atoms with E-state index in [0.717, 1.165) is 25.9 Å². The average molecular weight is 206 g/mol. The number of carbonyl (C=O) groups is 1. The molecule has 0 aromatic rings. The number of rotatable bonds is 2. The summed E-state index contributed by atoms with van der Waals surface area (Å²) in [4.78, 5) is 12.3. The van der Waals surface area contributed by atoms with E-state index in [1.807, 2.05) is 0 Å². The van der Waals surface area contributed by atoms with Crippen LogP contribution >= 0.6 is 0 Å². The van der Waals surface area contributed by atoms with Crippen molar-refractivity contribution in [3.05, 3.63) is 11.8 Å². The maximum Gasteiger partial charge on any atom is 0.157 e.